The first kappa shape index (κ1) is 16.0. The molecule has 0 bridgehead atoms. The van der Waals surface area contributed by atoms with Gasteiger partial charge in [0.1, 0.15) is 11.6 Å². The van der Waals surface area contributed by atoms with Crippen molar-refractivity contribution in [3.05, 3.63) is 53.7 Å². The molecule has 1 N–H and O–H groups in total. The third-order valence-corrected chi connectivity index (χ3v) is 2.74. The van der Waals surface area contributed by atoms with Crippen LogP contribution in [0, 0.1) is 0 Å². The number of pyridine rings is 1. The summed E-state index contributed by atoms with van der Waals surface area (Å²) >= 11 is 0. The van der Waals surface area contributed by atoms with E-state index in [1.807, 2.05) is 0 Å². The lowest BCUT2D eigenvalue weighted by Crippen LogP contribution is -2.09. The van der Waals surface area contributed by atoms with Crippen molar-refractivity contribution in [3.63, 3.8) is 0 Å². The van der Waals surface area contributed by atoms with Gasteiger partial charge in [0.2, 0.25) is 0 Å². The number of halogens is 5. The monoisotopic (exact) mass is 318 g/mol. The molecule has 118 valence electrons. The van der Waals surface area contributed by atoms with Gasteiger partial charge in [-0.15, -0.1) is 0 Å². The molecule has 0 aliphatic rings. The van der Waals surface area contributed by atoms with Crippen molar-refractivity contribution >= 4 is 5.82 Å². The zero-order valence-electron chi connectivity index (χ0n) is 11.1. The molecule has 0 radical (unpaired) electrons. The van der Waals surface area contributed by atoms with E-state index in [1.165, 1.54) is 18.2 Å². The third-order valence-electron chi connectivity index (χ3n) is 2.74. The lowest BCUT2D eigenvalue weighted by Gasteiger charge is -2.12. The van der Waals surface area contributed by atoms with Crippen molar-refractivity contribution < 1.29 is 26.7 Å². The molecule has 0 aliphatic heterocycles. The van der Waals surface area contributed by atoms with Crippen LogP contribution in [0.3, 0.4) is 0 Å². The Hall–Kier alpha value is -2.38. The van der Waals surface area contributed by atoms with Crippen molar-refractivity contribution in [1.29, 1.82) is 0 Å². The quantitative estimate of drug-likeness (QED) is 0.834. The summed E-state index contributed by atoms with van der Waals surface area (Å²) in [5.74, 6) is -0.0568. The Balaban J connectivity index is 2.11. The summed E-state index contributed by atoms with van der Waals surface area (Å²) in [6.07, 6.45) is -3.46. The molecule has 0 saturated carbocycles. The Morgan fingerprint density at radius 2 is 1.86 bits per heavy atom. The predicted molar refractivity (Wildman–Crippen MR) is 69.6 cm³/mol. The number of anilines is 1. The normalized spacial score (nSPS) is 11.5. The van der Waals surface area contributed by atoms with Crippen molar-refractivity contribution in [2.45, 2.75) is 19.3 Å². The number of rotatable bonds is 5. The first-order chi connectivity index (χ1) is 10.4. The van der Waals surface area contributed by atoms with E-state index >= 15 is 0 Å². The van der Waals surface area contributed by atoms with Crippen LogP contribution in [-0.2, 0) is 12.7 Å². The summed E-state index contributed by atoms with van der Waals surface area (Å²) < 4.78 is 66.6. The zero-order valence-corrected chi connectivity index (χ0v) is 11.1. The molecule has 2 rings (SSSR count). The number of nitrogens with one attached hydrogen (secondary N) is 1. The van der Waals surface area contributed by atoms with Gasteiger partial charge < -0.3 is 10.1 Å². The van der Waals surface area contributed by atoms with Crippen molar-refractivity contribution in [1.82, 2.24) is 4.98 Å². The van der Waals surface area contributed by atoms with E-state index in [4.69, 9.17) is 0 Å². The molecule has 1 aromatic heterocycles. The molecule has 0 unspecified atom stereocenters. The van der Waals surface area contributed by atoms with E-state index in [0.717, 1.165) is 18.3 Å². The average molecular weight is 318 g/mol. The van der Waals surface area contributed by atoms with E-state index < -0.39 is 18.4 Å². The highest BCUT2D eigenvalue weighted by Crippen LogP contribution is 2.30. The van der Waals surface area contributed by atoms with E-state index in [1.54, 1.807) is 6.07 Å². The van der Waals surface area contributed by atoms with Crippen LogP contribution in [0.25, 0.3) is 0 Å². The molecule has 0 amide bonds. The molecule has 3 nitrogen and oxygen atoms in total. The number of benzene rings is 1. The fourth-order valence-electron chi connectivity index (χ4n) is 1.75. The lowest BCUT2D eigenvalue weighted by molar-refractivity contribution is -0.137. The molecular weight excluding hydrogens is 307 g/mol. The maximum Gasteiger partial charge on any atom is 0.416 e. The number of ether oxygens (including phenoxy) is 1. The Morgan fingerprint density at radius 3 is 2.55 bits per heavy atom. The van der Waals surface area contributed by atoms with Crippen LogP contribution in [0.4, 0.5) is 27.8 Å². The van der Waals surface area contributed by atoms with Crippen LogP contribution < -0.4 is 10.1 Å². The van der Waals surface area contributed by atoms with Gasteiger partial charge in [-0.2, -0.15) is 22.0 Å². The first-order valence-electron chi connectivity index (χ1n) is 6.16. The Labute approximate surface area is 122 Å². The average Bonchev–Trinajstić information content (AvgIpc) is 2.45. The van der Waals surface area contributed by atoms with Crippen molar-refractivity contribution in [3.8, 4) is 5.75 Å². The largest absolute Gasteiger partial charge is 0.434 e. The van der Waals surface area contributed by atoms with E-state index in [9.17, 15) is 22.0 Å². The van der Waals surface area contributed by atoms with Crippen LogP contribution in [-0.4, -0.2) is 11.6 Å². The minimum Gasteiger partial charge on any atom is -0.434 e. The maximum atomic E-state index is 12.6. The highest BCUT2D eigenvalue weighted by atomic mass is 19.4. The van der Waals surface area contributed by atoms with Gasteiger partial charge in [0, 0.05) is 18.3 Å². The highest BCUT2D eigenvalue weighted by Gasteiger charge is 2.30. The molecule has 22 heavy (non-hydrogen) atoms. The summed E-state index contributed by atoms with van der Waals surface area (Å²) in [5.41, 5.74) is -0.468. The second-order valence-corrected chi connectivity index (χ2v) is 4.27. The van der Waals surface area contributed by atoms with Gasteiger partial charge in [0.25, 0.3) is 0 Å². The molecule has 8 heteroatoms. The molecule has 0 fully saturated rings. The van der Waals surface area contributed by atoms with Gasteiger partial charge in [-0.3, -0.25) is 0 Å². The summed E-state index contributed by atoms with van der Waals surface area (Å²) in [7, 11) is 0. The fraction of sp³-hybridized carbons (Fsp3) is 0.214. The maximum absolute atomic E-state index is 12.6. The van der Waals surface area contributed by atoms with Gasteiger partial charge >= 0.3 is 12.8 Å². The first-order valence-corrected chi connectivity index (χ1v) is 6.16. The second-order valence-electron chi connectivity index (χ2n) is 4.27. The highest BCUT2D eigenvalue weighted by molar-refractivity contribution is 5.42. The standard InChI is InChI=1S/C14H11F5N2O/c15-13(16)22-11-4-2-1-3-9(11)8-21-12-7-10(5-6-20-12)14(17,18)19/h1-7,13H,8H2,(H,20,21). The smallest absolute Gasteiger partial charge is 0.416 e. The summed E-state index contributed by atoms with van der Waals surface area (Å²) in [6, 6.07) is 7.69. The minimum absolute atomic E-state index is 0.00277. The molecule has 0 spiro atoms. The predicted octanol–water partition coefficient (Wildman–Crippen LogP) is 4.31. The van der Waals surface area contributed by atoms with Gasteiger partial charge in [0.15, 0.2) is 0 Å². The van der Waals surface area contributed by atoms with Crippen molar-refractivity contribution in [2.75, 3.05) is 5.32 Å². The summed E-state index contributed by atoms with van der Waals surface area (Å²) in [5, 5.41) is 2.65. The van der Waals surface area contributed by atoms with E-state index in [0.29, 0.717) is 5.56 Å². The van der Waals surface area contributed by atoms with Crippen LogP contribution in [0.2, 0.25) is 0 Å². The van der Waals surface area contributed by atoms with Crippen LogP contribution in [0.15, 0.2) is 42.6 Å². The number of nitrogens with zero attached hydrogens (tertiary/aromatic N) is 1. The van der Waals surface area contributed by atoms with E-state index in [2.05, 4.69) is 15.0 Å². The van der Waals surface area contributed by atoms with Gasteiger partial charge in [0.05, 0.1) is 5.56 Å². The van der Waals surface area contributed by atoms with Crippen LogP contribution >= 0.6 is 0 Å². The number of hydrogen-bond donors (Lipinski definition) is 1. The minimum atomic E-state index is -4.48. The van der Waals surface area contributed by atoms with E-state index in [-0.39, 0.29) is 18.1 Å². The topological polar surface area (TPSA) is 34.1 Å². The van der Waals surface area contributed by atoms with Gasteiger partial charge in [-0.25, -0.2) is 4.98 Å². The summed E-state index contributed by atoms with van der Waals surface area (Å²) in [6.45, 7) is -2.98. The zero-order chi connectivity index (χ0) is 16.2. The SMILES string of the molecule is FC(F)Oc1ccccc1CNc1cc(C(F)(F)F)ccn1. The molecule has 1 heterocycles. The Kier molecular flexibility index (Phi) is 4.79. The van der Waals surface area contributed by atoms with Crippen LogP contribution in [0.5, 0.6) is 5.75 Å². The molecule has 0 aliphatic carbocycles. The molecule has 1 aromatic carbocycles. The Bertz CT molecular complexity index is 631. The fourth-order valence-corrected chi connectivity index (χ4v) is 1.75. The Morgan fingerprint density at radius 1 is 1.14 bits per heavy atom. The number of alkyl halides is 5. The second kappa shape index (κ2) is 6.59. The number of aromatic nitrogens is 1. The summed E-state index contributed by atoms with van der Waals surface area (Å²) in [4.78, 5) is 3.76. The molecule has 0 saturated heterocycles. The molecule has 2 aromatic rings. The molecular formula is C14H11F5N2O. The van der Waals surface area contributed by atoms with Crippen LogP contribution in [0.1, 0.15) is 11.1 Å². The molecule has 0 atom stereocenters. The van der Waals surface area contributed by atoms with Gasteiger partial charge in [-0.05, 0) is 18.2 Å². The van der Waals surface area contributed by atoms with Crippen molar-refractivity contribution in [2.24, 2.45) is 0 Å². The lowest BCUT2D eigenvalue weighted by atomic mass is 10.2. The van der Waals surface area contributed by atoms with Gasteiger partial charge in [-0.1, -0.05) is 18.2 Å². The third kappa shape index (κ3) is 4.31. The number of hydrogen-bond acceptors (Lipinski definition) is 3. The number of para-hydroxylation sites is 1.